The van der Waals surface area contributed by atoms with Crippen molar-refractivity contribution in [1.29, 1.82) is 0 Å². The van der Waals surface area contributed by atoms with Gasteiger partial charge in [-0.15, -0.1) is 22.9 Å². The number of thiazole rings is 1. The maximum absolute atomic E-state index is 13.8. The zero-order valence-corrected chi connectivity index (χ0v) is 13.7. The van der Waals surface area contributed by atoms with Crippen molar-refractivity contribution >= 4 is 49.9 Å². The van der Waals surface area contributed by atoms with Crippen LogP contribution in [-0.2, 0) is 12.4 Å². The summed E-state index contributed by atoms with van der Waals surface area (Å²) in [7, 11) is 0. The van der Waals surface area contributed by atoms with Crippen LogP contribution >= 0.6 is 38.9 Å². The zero-order chi connectivity index (χ0) is 14.3. The number of halogens is 3. The van der Waals surface area contributed by atoms with Crippen molar-refractivity contribution in [2.24, 2.45) is 0 Å². The molecule has 0 unspecified atom stereocenters. The van der Waals surface area contributed by atoms with Crippen LogP contribution in [0.5, 0.6) is 0 Å². The van der Waals surface area contributed by atoms with Crippen LogP contribution < -0.4 is 0 Å². The van der Waals surface area contributed by atoms with Gasteiger partial charge >= 0.3 is 0 Å². The maximum atomic E-state index is 13.8. The van der Waals surface area contributed by atoms with E-state index in [1.165, 1.54) is 6.07 Å². The van der Waals surface area contributed by atoms with Crippen LogP contribution in [0.1, 0.15) is 16.4 Å². The molecule has 0 fully saturated rings. The number of hydrogen-bond acceptors (Lipinski definition) is 3. The van der Waals surface area contributed by atoms with Crippen molar-refractivity contribution in [3.8, 4) is 0 Å². The van der Waals surface area contributed by atoms with Crippen molar-refractivity contribution in [3.63, 3.8) is 0 Å². The van der Waals surface area contributed by atoms with Crippen molar-refractivity contribution in [1.82, 2.24) is 14.5 Å². The number of imidazole rings is 1. The number of aryl methyl sites for hydroxylation is 1. The molecule has 0 radical (unpaired) electrons. The molecule has 3 aromatic rings. The lowest BCUT2D eigenvalue weighted by Gasteiger charge is -2.07. The van der Waals surface area contributed by atoms with Gasteiger partial charge in [0.2, 0.25) is 0 Å². The smallest absolute Gasteiger partial charge is 0.139 e. The highest BCUT2D eigenvalue weighted by Crippen LogP contribution is 2.26. The Hall–Kier alpha value is -0.980. The fraction of sp³-hybridized carbons (Fsp3) is 0.231. The molecule has 0 aliphatic heterocycles. The van der Waals surface area contributed by atoms with Crippen molar-refractivity contribution in [3.05, 3.63) is 44.3 Å². The molecule has 3 nitrogen and oxygen atoms in total. The van der Waals surface area contributed by atoms with E-state index < -0.39 is 0 Å². The highest BCUT2D eigenvalue weighted by atomic mass is 79.9. The molecule has 0 saturated carbocycles. The molecule has 0 saturated heterocycles. The Labute approximate surface area is 132 Å². The third-order valence-corrected chi connectivity index (χ3v) is 4.90. The summed E-state index contributed by atoms with van der Waals surface area (Å²) < 4.78 is 16.1. The lowest BCUT2D eigenvalue weighted by molar-refractivity contribution is 0.621. The van der Waals surface area contributed by atoms with Crippen LogP contribution in [0.3, 0.4) is 0 Å². The number of hydrogen-bond donors (Lipinski definition) is 0. The van der Waals surface area contributed by atoms with Crippen LogP contribution in [0.4, 0.5) is 4.39 Å². The molecule has 2 heterocycles. The molecule has 0 atom stereocenters. The normalized spacial score (nSPS) is 11.4. The third kappa shape index (κ3) is 2.36. The first-order chi connectivity index (χ1) is 9.60. The average Bonchev–Trinajstić information content (AvgIpc) is 2.96. The summed E-state index contributed by atoms with van der Waals surface area (Å²) in [5.41, 5.74) is 4.27. The number of aromatic nitrogens is 3. The predicted octanol–water partition coefficient (Wildman–Crippen LogP) is 4.49. The molecule has 0 amide bonds. The molecular formula is C13H10BrClFN3S. The van der Waals surface area contributed by atoms with Crippen molar-refractivity contribution in [2.75, 3.05) is 0 Å². The Kier molecular flexibility index (Phi) is 3.79. The summed E-state index contributed by atoms with van der Waals surface area (Å²) in [4.78, 5) is 9.82. The van der Waals surface area contributed by atoms with E-state index in [2.05, 4.69) is 25.9 Å². The van der Waals surface area contributed by atoms with E-state index in [4.69, 9.17) is 11.6 Å². The number of benzene rings is 1. The topological polar surface area (TPSA) is 30.7 Å². The number of nitrogens with zero attached hydrogens (tertiary/aromatic N) is 3. The van der Waals surface area contributed by atoms with Gasteiger partial charge in [0.25, 0.3) is 0 Å². The molecule has 0 spiro atoms. The van der Waals surface area contributed by atoms with Crippen LogP contribution in [0.25, 0.3) is 11.0 Å². The van der Waals surface area contributed by atoms with Crippen molar-refractivity contribution in [2.45, 2.75) is 19.3 Å². The number of fused-ring (bicyclic) bond motifs is 1. The monoisotopic (exact) mass is 373 g/mol. The Morgan fingerprint density at radius 2 is 2.25 bits per heavy atom. The third-order valence-electron chi connectivity index (χ3n) is 3.14. The van der Waals surface area contributed by atoms with E-state index in [9.17, 15) is 4.39 Å². The van der Waals surface area contributed by atoms with Crippen LogP contribution in [0.15, 0.2) is 22.1 Å². The summed E-state index contributed by atoms with van der Waals surface area (Å²) >= 11 is 10.7. The molecule has 7 heteroatoms. The van der Waals surface area contributed by atoms with Gasteiger partial charge in [-0.1, -0.05) is 0 Å². The van der Waals surface area contributed by atoms with Crippen LogP contribution in [-0.4, -0.2) is 14.5 Å². The van der Waals surface area contributed by atoms with Crippen molar-refractivity contribution < 1.29 is 4.39 Å². The van der Waals surface area contributed by atoms with Gasteiger partial charge in [-0.3, -0.25) is 0 Å². The minimum atomic E-state index is -0.305. The number of alkyl halides is 1. The summed E-state index contributed by atoms with van der Waals surface area (Å²) in [6.45, 7) is 2.57. The quantitative estimate of drug-likeness (QED) is 0.632. The lowest BCUT2D eigenvalue weighted by Crippen LogP contribution is -2.03. The molecular weight excluding hydrogens is 365 g/mol. The Morgan fingerprint density at radius 1 is 1.45 bits per heavy atom. The Bertz CT molecular complexity index is 783. The molecule has 0 bridgehead atoms. The second kappa shape index (κ2) is 5.42. The van der Waals surface area contributed by atoms with E-state index in [0.717, 1.165) is 27.4 Å². The minimum Gasteiger partial charge on any atom is -0.321 e. The van der Waals surface area contributed by atoms with Gasteiger partial charge < -0.3 is 4.57 Å². The first kappa shape index (κ1) is 14.0. The average molecular weight is 375 g/mol. The molecule has 3 rings (SSSR count). The van der Waals surface area contributed by atoms with Gasteiger partial charge in [-0.05, 0) is 28.9 Å². The zero-order valence-electron chi connectivity index (χ0n) is 10.5. The second-order valence-electron chi connectivity index (χ2n) is 4.36. The molecule has 20 heavy (non-hydrogen) atoms. The first-order valence-corrected chi connectivity index (χ1v) is 8.10. The molecule has 0 N–H and O–H groups in total. The highest BCUT2D eigenvalue weighted by Gasteiger charge is 2.14. The maximum Gasteiger partial charge on any atom is 0.139 e. The standard InChI is InChI=1S/C13H10BrClFN3S/c1-7-12(20-6-17-7)5-19-11-3-9(16)8(14)2-10(11)18-13(19)4-15/h2-3,6H,4-5H2,1H3. The van der Waals surface area contributed by atoms with Gasteiger partial charge in [0.15, 0.2) is 0 Å². The fourth-order valence-corrected chi connectivity index (χ4v) is 3.37. The number of rotatable bonds is 3. The van der Waals surface area contributed by atoms with Crippen LogP contribution in [0, 0.1) is 12.7 Å². The largest absolute Gasteiger partial charge is 0.321 e. The highest BCUT2D eigenvalue weighted by molar-refractivity contribution is 9.10. The lowest BCUT2D eigenvalue weighted by atomic mass is 10.3. The van der Waals surface area contributed by atoms with Crippen LogP contribution in [0.2, 0.25) is 0 Å². The van der Waals surface area contributed by atoms with E-state index in [1.807, 2.05) is 11.5 Å². The summed E-state index contributed by atoms with van der Waals surface area (Å²) in [6.07, 6.45) is 0. The first-order valence-electron chi connectivity index (χ1n) is 5.89. The van der Waals surface area contributed by atoms with E-state index in [-0.39, 0.29) is 11.7 Å². The summed E-state index contributed by atoms with van der Waals surface area (Å²) in [5.74, 6) is 0.707. The predicted molar refractivity (Wildman–Crippen MR) is 82.9 cm³/mol. The van der Waals surface area contributed by atoms with Gasteiger partial charge in [-0.25, -0.2) is 14.4 Å². The summed E-state index contributed by atoms with van der Waals surface area (Å²) in [5, 5.41) is 0. The second-order valence-corrected chi connectivity index (χ2v) is 6.42. The Balaban J connectivity index is 2.17. The van der Waals surface area contributed by atoms with Gasteiger partial charge in [0.05, 0.1) is 39.1 Å². The Morgan fingerprint density at radius 3 is 2.90 bits per heavy atom. The van der Waals surface area contributed by atoms with E-state index in [0.29, 0.717) is 11.0 Å². The molecule has 1 aromatic carbocycles. The SMILES string of the molecule is Cc1ncsc1Cn1c(CCl)nc2cc(Br)c(F)cc21. The fourth-order valence-electron chi connectivity index (χ4n) is 2.07. The molecule has 2 aromatic heterocycles. The van der Waals surface area contributed by atoms with E-state index >= 15 is 0 Å². The van der Waals surface area contributed by atoms with Gasteiger partial charge in [0.1, 0.15) is 11.6 Å². The molecule has 104 valence electrons. The molecule has 0 aliphatic rings. The van der Waals surface area contributed by atoms with Gasteiger partial charge in [-0.2, -0.15) is 0 Å². The van der Waals surface area contributed by atoms with E-state index in [1.54, 1.807) is 22.9 Å². The van der Waals surface area contributed by atoms with Gasteiger partial charge in [0, 0.05) is 10.9 Å². The summed E-state index contributed by atoms with van der Waals surface area (Å²) in [6, 6.07) is 3.16. The molecule has 0 aliphatic carbocycles. The minimum absolute atomic E-state index is 0.284.